The van der Waals surface area contributed by atoms with Crippen molar-refractivity contribution in [1.82, 2.24) is 9.80 Å². The number of rotatable bonds is 6. The molecular weight excluding hydrogens is 358 g/mol. The van der Waals surface area contributed by atoms with Crippen molar-refractivity contribution in [2.24, 2.45) is 11.7 Å². The highest BCUT2D eigenvalue weighted by molar-refractivity contribution is 5.94. The van der Waals surface area contributed by atoms with Crippen LogP contribution in [0, 0.1) is 5.92 Å². The molecule has 2 fully saturated rings. The average molecular weight is 387 g/mol. The molecule has 2 N–H and O–H groups in total. The summed E-state index contributed by atoms with van der Waals surface area (Å²) in [7, 11) is 0. The van der Waals surface area contributed by atoms with Gasteiger partial charge in [-0.3, -0.25) is 14.4 Å². The van der Waals surface area contributed by atoms with Gasteiger partial charge in [0, 0.05) is 38.2 Å². The van der Waals surface area contributed by atoms with Crippen molar-refractivity contribution in [3.05, 3.63) is 29.8 Å². The van der Waals surface area contributed by atoms with Crippen molar-refractivity contribution >= 4 is 17.7 Å². The zero-order chi connectivity index (χ0) is 19.9. The van der Waals surface area contributed by atoms with E-state index in [2.05, 4.69) is 0 Å². The monoisotopic (exact) mass is 387 g/mol. The zero-order valence-electron chi connectivity index (χ0n) is 16.3. The second-order valence-electron chi connectivity index (χ2n) is 7.66. The maximum Gasteiger partial charge on any atom is 0.255 e. The summed E-state index contributed by atoms with van der Waals surface area (Å²) < 4.78 is 5.21. The van der Waals surface area contributed by atoms with Crippen LogP contribution in [0.2, 0.25) is 0 Å². The highest BCUT2D eigenvalue weighted by Gasteiger charge is 2.26. The lowest BCUT2D eigenvalue weighted by Crippen LogP contribution is -2.50. The lowest BCUT2D eigenvalue weighted by molar-refractivity contribution is -0.134. The molecule has 0 spiro atoms. The molecule has 1 aromatic carbocycles. The number of carbonyl (C=O) groups excluding carboxylic acids is 3. The number of nitrogens with zero attached hydrogens (tertiary/aromatic N) is 2. The molecular formula is C21H29N3O4. The Morgan fingerprint density at radius 1 is 0.929 bits per heavy atom. The van der Waals surface area contributed by atoms with Crippen molar-refractivity contribution in [2.45, 2.75) is 38.5 Å². The van der Waals surface area contributed by atoms with Crippen molar-refractivity contribution in [1.29, 1.82) is 0 Å². The van der Waals surface area contributed by atoms with Crippen LogP contribution in [0.5, 0.6) is 5.75 Å². The van der Waals surface area contributed by atoms with Gasteiger partial charge in [-0.2, -0.15) is 0 Å². The van der Waals surface area contributed by atoms with E-state index >= 15 is 0 Å². The first-order valence-electron chi connectivity index (χ1n) is 10.1. The fraction of sp³-hybridized carbons (Fsp3) is 0.571. The summed E-state index contributed by atoms with van der Waals surface area (Å²) in [6.45, 7) is 2.10. The molecule has 7 nitrogen and oxygen atoms in total. The second-order valence-corrected chi connectivity index (χ2v) is 7.66. The zero-order valence-corrected chi connectivity index (χ0v) is 16.3. The lowest BCUT2D eigenvalue weighted by atomic mass is 9.86. The van der Waals surface area contributed by atoms with Crippen LogP contribution in [0.1, 0.15) is 48.9 Å². The Labute approximate surface area is 165 Å². The normalized spacial score (nSPS) is 18.0. The molecule has 0 aromatic heterocycles. The Morgan fingerprint density at radius 2 is 1.54 bits per heavy atom. The number of hydrogen-bond donors (Lipinski definition) is 1. The summed E-state index contributed by atoms with van der Waals surface area (Å²) in [6.07, 6.45) is 6.77. The highest BCUT2D eigenvalue weighted by atomic mass is 16.5. The van der Waals surface area contributed by atoms with Gasteiger partial charge in [-0.15, -0.1) is 0 Å². The number of primary amides is 1. The van der Waals surface area contributed by atoms with E-state index in [-0.39, 0.29) is 18.4 Å². The molecule has 2 aliphatic rings. The van der Waals surface area contributed by atoms with Crippen LogP contribution >= 0.6 is 0 Å². The molecule has 1 saturated carbocycles. The average Bonchev–Trinajstić information content (AvgIpc) is 2.73. The van der Waals surface area contributed by atoms with Gasteiger partial charge in [0.25, 0.3) is 11.8 Å². The molecule has 28 heavy (non-hydrogen) atoms. The molecule has 3 rings (SSSR count). The summed E-state index contributed by atoms with van der Waals surface area (Å²) in [6, 6.07) is 6.67. The van der Waals surface area contributed by atoms with E-state index in [4.69, 9.17) is 10.5 Å². The third kappa shape index (κ3) is 5.47. The smallest absolute Gasteiger partial charge is 0.255 e. The van der Waals surface area contributed by atoms with Crippen LogP contribution in [-0.4, -0.2) is 60.3 Å². The van der Waals surface area contributed by atoms with E-state index in [9.17, 15) is 14.4 Å². The SMILES string of the molecule is NC(=O)COc1ccc(C(=O)N2CCN(C(=O)CC3CCCCC3)CC2)cc1. The van der Waals surface area contributed by atoms with Crippen LogP contribution in [0.3, 0.4) is 0 Å². The second kappa shape index (κ2) is 9.57. The summed E-state index contributed by atoms with van der Waals surface area (Å²) in [4.78, 5) is 39.6. The molecule has 1 aliphatic carbocycles. The summed E-state index contributed by atoms with van der Waals surface area (Å²) in [5.41, 5.74) is 5.61. The maximum atomic E-state index is 12.7. The van der Waals surface area contributed by atoms with Gasteiger partial charge in [0.15, 0.2) is 6.61 Å². The molecule has 0 unspecified atom stereocenters. The summed E-state index contributed by atoms with van der Waals surface area (Å²) in [5, 5.41) is 0. The summed E-state index contributed by atoms with van der Waals surface area (Å²) in [5.74, 6) is 0.663. The van der Waals surface area contributed by atoms with E-state index in [1.54, 1.807) is 29.2 Å². The van der Waals surface area contributed by atoms with Gasteiger partial charge in [-0.1, -0.05) is 19.3 Å². The number of benzene rings is 1. The van der Waals surface area contributed by atoms with Crippen molar-refractivity contribution in [3.8, 4) is 5.75 Å². The number of carbonyl (C=O) groups is 3. The third-order valence-electron chi connectivity index (χ3n) is 5.59. The van der Waals surface area contributed by atoms with Crippen molar-refractivity contribution in [3.63, 3.8) is 0 Å². The van der Waals surface area contributed by atoms with Gasteiger partial charge in [-0.25, -0.2) is 0 Å². The minimum atomic E-state index is -0.545. The van der Waals surface area contributed by atoms with E-state index in [0.29, 0.717) is 49.8 Å². The van der Waals surface area contributed by atoms with Gasteiger partial charge in [0.05, 0.1) is 0 Å². The third-order valence-corrected chi connectivity index (χ3v) is 5.59. The standard InChI is InChI=1S/C21H29N3O4/c22-19(25)15-28-18-8-6-17(7-9-18)21(27)24-12-10-23(11-13-24)20(26)14-16-4-2-1-3-5-16/h6-9,16H,1-5,10-15H2,(H2,22,25). The summed E-state index contributed by atoms with van der Waals surface area (Å²) >= 11 is 0. The van der Waals surface area contributed by atoms with E-state index in [1.165, 1.54) is 32.1 Å². The number of ether oxygens (including phenoxy) is 1. The van der Waals surface area contributed by atoms with Gasteiger partial charge >= 0.3 is 0 Å². The first kappa shape index (κ1) is 20.2. The van der Waals surface area contributed by atoms with Crippen LogP contribution in [0.15, 0.2) is 24.3 Å². The van der Waals surface area contributed by atoms with Gasteiger partial charge < -0.3 is 20.3 Å². The Kier molecular flexibility index (Phi) is 6.90. The fourth-order valence-electron chi connectivity index (χ4n) is 3.96. The quantitative estimate of drug-likeness (QED) is 0.806. The van der Waals surface area contributed by atoms with Crippen LogP contribution in [-0.2, 0) is 9.59 Å². The van der Waals surface area contributed by atoms with Crippen molar-refractivity contribution < 1.29 is 19.1 Å². The molecule has 0 atom stereocenters. The Hall–Kier alpha value is -2.57. The number of nitrogens with two attached hydrogens (primary N) is 1. The van der Waals surface area contributed by atoms with Crippen LogP contribution < -0.4 is 10.5 Å². The highest BCUT2D eigenvalue weighted by Crippen LogP contribution is 2.27. The van der Waals surface area contributed by atoms with Crippen LogP contribution in [0.25, 0.3) is 0 Å². The predicted molar refractivity (Wildman–Crippen MR) is 105 cm³/mol. The first-order valence-corrected chi connectivity index (χ1v) is 10.1. The Morgan fingerprint density at radius 3 is 2.14 bits per heavy atom. The molecule has 1 heterocycles. The maximum absolute atomic E-state index is 12.7. The van der Waals surface area contributed by atoms with Gasteiger partial charge in [0.2, 0.25) is 5.91 Å². The molecule has 1 aliphatic heterocycles. The fourth-order valence-corrected chi connectivity index (χ4v) is 3.96. The molecule has 1 saturated heterocycles. The topological polar surface area (TPSA) is 92.9 Å². The molecule has 7 heteroatoms. The van der Waals surface area contributed by atoms with Gasteiger partial charge in [0.1, 0.15) is 5.75 Å². The Bertz CT molecular complexity index is 690. The van der Waals surface area contributed by atoms with E-state index in [0.717, 1.165) is 0 Å². The number of hydrogen-bond acceptors (Lipinski definition) is 4. The van der Waals surface area contributed by atoms with Crippen LogP contribution in [0.4, 0.5) is 0 Å². The van der Waals surface area contributed by atoms with E-state index in [1.807, 2.05) is 4.90 Å². The largest absolute Gasteiger partial charge is 0.484 e. The van der Waals surface area contributed by atoms with Gasteiger partial charge in [-0.05, 0) is 43.0 Å². The lowest BCUT2D eigenvalue weighted by Gasteiger charge is -2.35. The number of amides is 3. The Balaban J connectivity index is 1.46. The molecule has 1 aromatic rings. The molecule has 3 amide bonds. The molecule has 0 bridgehead atoms. The minimum absolute atomic E-state index is 0.0548. The minimum Gasteiger partial charge on any atom is -0.484 e. The van der Waals surface area contributed by atoms with Crippen molar-refractivity contribution in [2.75, 3.05) is 32.8 Å². The number of piperazine rings is 1. The predicted octanol–water partition coefficient (Wildman–Crippen LogP) is 1.81. The molecule has 0 radical (unpaired) electrons. The first-order chi connectivity index (χ1) is 13.5. The molecule has 152 valence electrons. The van der Waals surface area contributed by atoms with E-state index < -0.39 is 5.91 Å².